The van der Waals surface area contributed by atoms with E-state index in [2.05, 4.69) is 39.8 Å². The molecule has 1 aromatic heterocycles. The van der Waals surface area contributed by atoms with Crippen LogP contribution in [0.15, 0.2) is 40.1 Å². The van der Waals surface area contributed by atoms with E-state index in [0.717, 1.165) is 72.1 Å². The molecule has 4 aliphatic carbocycles. The van der Waals surface area contributed by atoms with Crippen molar-refractivity contribution in [2.45, 2.75) is 112 Å². The molecule has 2 heterocycles. The molecule has 0 radical (unpaired) electrons. The number of hydrogen-bond donors (Lipinski definition) is 1. The third-order valence-corrected chi connectivity index (χ3v) is 12.6. The topological polar surface area (TPSA) is 37.5 Å². The highest BCUT2D eigenvalue weighted by Gasteiger charge is 2.59. The Hall–Kier alpha value is -1.95. The number of aromatic nitrogens is 1. The van der Waals surface area contributed by atoms with Crippen molar-refractivity contribution in [3.63, 3.8) is 0 Å². The third-order valence-electron chi connectivity index (χ3n) is 12.6. The van der Waals surface area contributed by atoms with Crippen LogP contribution in [0.5, 0.6) is 0 Å². The van der Waals surface area contributed by atoms with E-state index in [-0.39, 0.29) is 16.9 Å². The first-order chi connectivity index (χ1) is 19.3. The van der Waals surface area contributed by atoms with Gasteiger partial charge in [-0.2, -0.15) is 0 Å². The number of aryl methyl sites for hydroxylation is 2. The van der Waals surface area contributed by atoms with Gasteiger partial charge in [0, 0.05) is 22.7 Å². The summed E-state index contributed by atoms with van der Waals surface area (Å²) in [6.45, 7) is 15.3. The van der Waals surface area contributed by atoms with Crippen LogP contribution >= 0.6 is 0 Å². The van der Waals surface area contributed by atoms with Crippen LogP contribution in [0, 0.1) is 54.3 Å². The summed E-state index contributed by atoms with van der Waals surface area (Å²) in [4.78, 5) is 4.90. The zero-order chi connectivity index (χ0) is 29.4. The summed E-state index contributed by atoms with van der Waals surface area (Å²) in [6, 6.07) is 1.90. The van der Waals surface area contributed by atoms with Crippen molar-refractivity contribution >= 4 is 18.7 Å². The standard InChI is InChI=1S/C35H49BF2N2O/c1-20(18-28(32-21(2)16-23(4)39-32)33-22(3)17-24(5)40(33)36(37)38)29-10-11-30-27-9-8-25-19-26(41)12-14-34(25,6)31(27)13-15-35(29,30)7/h8,16-17,20,26-27,29-31,41H,9-15,18-19H2,1-7H3/b32-28-/t20-,26+,27+,29-,30+,31+,34+,35-/m1/s1. The molecule has 8 atom stereocenters. The lowest BCUT2D eigenvalue weighted by Gasteiger charge is -2.58. The van der Waals surface area contributed by atoms with Gasteiger partial charge in [0.15, 0.2) is 0 Å². The number of rotatable bonds is 5. The highest BCUT2D eigenvalue weighted by Crippen LogP contribution is 2.67. The summed E-state index contributed by atoms with van der Waals surface area (Å²) in [5.41, 5.74) is 8.18. The van der Waals surface area contributed by atoms with E-state index < -0.39 is 7.40 Å². The summed E-state index contributed by atoms with van der Waals surface area (Å²) in [6.07, 6.45) is 14.3. The van der Waals surface area contributed by atoms with Crippen LogP contribution in [0.3, 0.4) is 0 Å². The zero-order valence-corrected chi connectivity index (χ0v) is 26.2. The van der Waals surface area contributed by atoms with E-state index in [1.54, 1.807) is 6.92 Å². The molecule has 0 bridgehead atoms. The molecule has 6 heteroatoms. The van der Waals surface area contributed by atoms with Crippen molar-refractivity contribution in [1.29, 1.82) is 0 Å². The fourth-order valence-electron chi connectivity index (χ4n) is 10.8. The average molecular weight is 563 g/mol. The van der Waals surface area contributed by atoms with Crippen molar-refractivity contribution in [2.24, 2.45) is 45.4 Å². The van der Waals surface area contributed by atoms with Crippen molar-refractivity contribution in [3.05, 3.63) is 52.0 Å². The molecule has 0 aromatic carbocycles. The molecule has 6 rings (SSSR count). The van der Waals surface area contributed by atoms with Crippen LogP contribution in [0.2, 0.25) is 0 Å². The average Bonchev–Trinajstić information content (AvgIpc) is 3.53. The first kappa shape index (κ1) is 29.1. The third kappa shape index (κ3) is 4.57. The lowest BCUT2D eigenvalue weighted by Crippen LogP contribution is -2.50. The van der Waals surface area contributed by atoms with Crippen LogP contribution in [0.1, 0.15) is 109 Å². The lowest BCUT2D eigenvalue weighted by atomic mass is 9.47. The van der Waals surface area contributed by atoms with Crippen LogP contribution in [0.25, 0.3) is 5.57 Å². The van der Waals surface area contributed by atoms with Gasteiger partial charge in [0.05, 0.1) is 11.8 Å². The van der Waals surface area contributed by atoms with Gasteiger partial charge < -0.3 is 9.58 Å². The summed E-state index contributed by atoms with van der Waals surface area (Å²) < 4.78 is 30.1. The number of halogens is 2. The predicted molar refractivity (Wildman–Crippen MR) is 166 cm³/mol. The molecule has 1 aromatic rings. The molecule has 0 amide bonds. The Morgan fingerprint density at radius 2 is 1.85 bits per heavy atom. The first-order valence-corrected chi connectivity index (χ1v) is 16.2. The Balaban J connectivity index is 1.32. The number of fused-ring (bicyclic) bond motifs is 5. The van der Waals surface area contributed by atoms with Crippen LogP contribution in [-0.2, 0) is 0 Å². The largest absolute Gasteiger partial charge is 0.677 e. The summed E-state index contributed by atoms with van der Waals surface area (Å²) >= 11 is 0. The van der Waals surface area contributed by atoms with Crippen molar-refractivity contribution < 1.29 is 13.7 Å². The van der Waals surface area contributed by atoms with E-state index in [4.69, 9.17) is 4.99 Å². The van der Waals surface area contributed by atoms with E-state index in [0.29, 0.717) is 29.1 Å². The highest BCUT2D eigenvalue weighted by atomic mass is 19.2. The normalized spacial score (nSPS) is 38.4. The molecular weight excluding hydrogens is 513 g/mol. The Labute approximate surface area is 246 Å². The minimum absolute atomic E-state index is 0.162. The first-order valence-electron chi connectivity index (χ1n) is 16.2. The Kier molecular flexibility index (Phi) is 7.36. The molecule has 222 valence electrons. The Morgan fingerprint density at radius 3 is 2.54 bits per heavy atom. The molecule has 3 nitrogen and oxygen atoms in total. The minimum Gasteiger partial charge on any atom is -0.393 e. The molecule has 0 saturated heterocycles. The maximum atomic E-state index is 14.4. The van der Waals surface area contributed by atoms with Crippen LogP contribution in [0.4, 0.5) is 8.63 Å². The number of hydrogen-bond acceptors (Lipinski definition) is 2. The summed E-state index contributed by atoms with van der Waals surface area (Å²) in [5.74, 6) is 3.12. The van der Waals surface area contributed by atoms with Crippen LogP contribution < -0.4 is 0 Å². The number of aliphatic hydroxyl groups is 1. The molecule has 3 saturated carbocycles. The molecule has 1 aliphatic heterocycles. The monoisotopic (exact) mass is 562 g/mol. The second-order valence-corrected chi connectivity index (χ2v) is 14.9. The van der Waals surface area contributed by atoms with Crippen LogP contribution in [-0.4, -0.2) is 28.8 Å². The predicted octanol–water partition coefficient (Wildman–Crippen LogP) is 8.97. The van der Waals surface area contributed by atoms with Gasteiger partial charge in [0.2, 0.25) is 0 Å². The van der Waals surface area contributed by atoms with E-state index in [1.807, 2.05) is 19.9 Å². The molecule has 41 heavy (non-hydrogen) atoms. The number of allylic oxidation sites excluding steroid dienone is 4. The van der Waals surface area contributed by atoms with Gasteiger partial charge >= 0.3 is 7.40 Å². The molecule has 0 spiro atoms. The van der Waals surface area contributed by atoms with Crippen molar-refractivity contribution in [2.75, 3.05) is 0 Å². The Bertz CT molecular complexity index is 1350. The lowest BCUT2D eigenvalue weighted by molar-refractivity contribution is -0.0563. The number of aliphatic hydroxyl groups excluding tert-OH is 1. The SMILES string of the molecule is CC1=CC(C)=N/C1=C(/C[C@@H](C)[C@H]1CC[C@H]2[C@@H]3CC=C4C[C@@H](O)CC[C@]4(C)[C@H]3CC[C@]12C)c1c(C)cc(C)n1B(F)F. The maximum Gasteiger partial charge on any atom is 0.677 e. The Morgan fingerprint density at radius 1 is 1.10 bits per heavy atom. The van der Waals surface area contributed by atoms with Gasteiger partial charge in [0.25, 0.3) is 0 Å². The van der Waals surface area contributed by atoms with E-state index in [1.165, 1.54) is 35.7 Å². The van der Waals surface area contributed by atoms with Crippen molar-refractivity contribution in [1.82, 2.24) is 4.48 Å². The van der Waals surface area contributed by atoms with Crippen molar-refractivity contribution in [3.8, 4) is 0 Å². The quantitative estimate of drug-likeness (QED) is 0.282. The molecule has 1 N–H and O–H groups in total. The second kappa shape index (κ2) is 10.3. The van der Waals surface area contributed by atoms with Gasteiger partial charge in [-0.15, -0.1) is 0 Å². The molecule has 0 unspecified atom stereocenters. The fourth-order valence-corrected chi connectivity index (χ4v) is 10.8. The highest BCUT2D eigenvalue weighted by molar-refractivity contribution is 6.41. The van der Waals surface area contributed by atoms with E-state index in [9.17, 15) is 13.7 Å². The summed E-state index contributed by atoms with van der Waals surface area (Å²) in [7, 11) is -2.57. The van der Waals surface area contributed by atoms with Gasteiger partial charge in [-0.05, 0) is 149 Å². The van der Waals surface area contributed by atoms with Gasteiger partial charge in [0.1, 0.15) is 0 Å². The zero-order valence-electron chi connectivity index (χ0n) is 26.2. The smallest absolute Gasteiger partial charge is 0.393 e. The van der Waals surface area contributed by atoms with E-state index >= 15 is 0 Å². The molecular formula is C35H49BF2N2O. The fraction of sp³-hybridized carbons (Fsp3) is 0.686. The molecule has 3 fully saturated rings. The number of nitrogens with zero attached hydrogens (tertiary/aromatic N) is 2. The number of aliphatic imine (C=N–C) groups is 1. The van der Waals surface area contributed by atoms with Gasteiger partial charge in [-0.25, -0.2) is 0 Å². The van der Waals surface area contributed by atoms with Gasteiger partial charge in [-0.1, -0.05) is 32.4 Å². The van der Waals surface area contributed by atoms with Gasteiger partial charge in [-0.3, -0.25) is 13.6 Å². The molecule has 5 aliphatic rings. The minimum atomic E-state index is -2.57. The summed E-state index contributed by atoms with van der Waals surface area (Å²) in [5, 5.41) is 10.4. The maximum absolute atomic E-state index is 14.4. The second-order valence-electron chi connectivity index (χ2n) is 14.9.